The number of methoxy groups -OCH3 is 2. The van der Waals surface area contributed by atoms with Crippen molar-refractivity contribution in [2.75, 3.05) is 53.7 Å². The van der Waals surface area contributed by atoms with E-state index in [1.165, 1.54) is 4.90 Å². The molecule has 0 aromatic heterocycles. The smallest absolute Gasteiger partial charge is 0.277 e. The Hall–Kier alpha value is -2.22. The highest BCUT2D eigenvalue weighted by Gasteiger charge is 2.42. The van der Waals surface area contributed by atoms with Crippen molar-refractivity contribution in [3.8, 4) is 0 Å². The average Bonchev–Trinajstić information content (AvgIpc) is 3.31. The molecular weight excluding hydrogens is 360 g/mol. The summed E-state index contributed by atoms with van der Waals surface area (Å²) >= 11 is 0. The summed E-state index contributed by atoms with van der Waals surface area (Å²) in [5, 5.41) is 0. The van der Waals surface area contributed by atoms with Gasteiger partial charge in [0.25, 0.3) is 11.8 Å². The maximum Gasteiger partial charge on any atom is 0.277 e. The zero-order chi connectivity index (χ0) is 19.9. The number of carbonyl (C=O) groups is 2. The minimum atomic E-state index is -0.272. The van der Waals surface area contributed by atoms with Crippen molar-refractivity contribution < 1.29 is 23.8 Å². The van der Waals surface area contributed by atoms with Crippen LogP contribution in [0, 0.1) is 0 Å². The highest BCUT2D eigenvalue weighted by atomic mass is 16.5. The van der Waals surface area contributed by atoms with Gasteiger partial charge in [-0.2, -0.15) is 0 Å². The molecule has 0 N–H and O–H groups in total. The standard InChI is InChI=1S/C21H28N2O5/c1-26-13-10-22(11-14-27-2)19-18(16-7-4-3-5-8-16)20(24)23(21(19)25)15-17-9-6-12-28-17/h3-5,7-8,17H,6,9-15H2,1-2H3. The van der Waals surface area contributed by atoms with Crippen molar-refractivity contribution in [2.45, 2.75) is 18.9 Å². The van der Waals surface area contributed by atoms with E-state index in [9.17, 15) is 9.59 Å². The van der Waals surface area contributed by atoms with E-state index < -0.39 is 0 Å². The lowest BCUT2D eigenvalue weighted by atomic mass is 10.0. The number of imide groups is 1. The molecule has 7 nitrogen and oxygen atoms in total. The van der Waals surface area contributed by atoms with Crippen LogP contribution in [0.15, 0.2) is 36.0 Å². The summed E-state index contributed by atoms with van der Waals surface area (Å²) < 4.78 is 16.1. The van der Waals surface area contributed by atoms with Crippen molar-refractivity contribution >= 4 is 17.4 Å². The molecule has 28 heavy (non-hydrogen) atoms. The SMILES string of the molecule is COCCN(CCOC)C1=C(c2ccccc2)C(=O)N(CC2CCCO2)C1=O. The van der Waals surface area contributed by atoms with Crippen LogP contribution in [-0.4, -0.2) is 81.4 Å². The molecule has 0 aliphatic carbocycles. The van der Waals surface area contributed by atoms with E-state index >= 15 is 0 Å². The number of benzene rings is 1. The Morgan fingerprint density at radius 2 is 1.75 bits per heavy atom. The van der Waals surface area contributed by atoms with Crippen LogP contribution >= 0.6 is 0 Å². The predicted molar refractivity (Wildman–Crippen MR) is 104 cm³/mol. The van der Waals surface area contributed by atoms with Crippen LogP contribution in [0.2, 0.25) is 0 Å². The molecule has 2 heterocycles. The number of rotatable bonds is 10. The van der Waals surface area contributed by atoms with Crippen LogP contribution in [0.25, 0.3) is 5.57 Å². The third kappa shape index (κ3) is 4.43. The quantitative estimate of drug-likeness (QED) is 0.567. The van der Waals surface area contributed by atoms with Crippen LogP contribution in [-0.2, 0) is 23.8 Å². The highest BCUT2D eigenvalue weighted by molar-refractivity contribution is 6.35. The molecule has 3 rings (SSSR count). The summed E-state index contributed by atoms with van der Waals surface area (Å²) in [6, 6.07) is 9.36. The maximum atomic E-state index is 13.3. The molecule has 0 bridgehead atoms. The molecular formula is C21H28N2O5. The largest absolute Gasteiger partial charge is 0.383 e. The Morgan fingerprint density at radius 1 is 1.07 bits per heavy atom. The first-order chi connectivity index (χ1) is 13.7. The van der Waals surface area contributed by atoms with E-state index in [0.717, 1.165) is 18.4 Å². The van der Waals surface area contributed by atoms with Crippen molar-refractivity contribution in [3.63, 3.8) is 0 Å². The zero-order valence-corrected chi connectivity index (χ0v) is 16.6. The fourth-order valence-electron chi connectivity index (χ4n) is 3.62. The molecule has 0 saturated carbocycles. The van der Waals surface area contributed by atoms with Crippen molar-refractivity contribution in [1.29, 1.82) is 0 Å². The Kier molecular flexibility index (Phi) is 7.19. The summed E-state index contributed by atoms with van der Waals surface area (Å²) in [7, 11) is 3.23. The van der Waals surface area contributed by atoms with Gasteiger partial charge in [0.15, 0.2) is 0 Å². The summed E-state index contributed by atoms with van der Waals surface area (Å²) in [5.74, 6) is -0.534. The fourth-order valence-corrected chi connectivity index (χ4v) is 3.62. The number of amides is 2. The second-order valence-electron chi connectivity index (χ2n) is 6.92. The van der Waals surface area contributed by atoms with Gasteiger partial charge in [0.1, 0.15) is 5.70 Å². The van der Waals surface area contributed by atoms with Gasteiger partial charge in [-0.1, -0.05) is 30.3 Å². The third-order valence-electron chi connectivity index (χ3n) is 5.06. The number of nitrogens with zero attached hydrogens (tertiary/aromatic N) is 2. The van der Waals surface area contributed by atoms with Crippen LogP contribution in [0.5, 0.6) is 0 Å². The van der Waals surface area contributed by atoms with E-state index in [-0.39, 0.29) is 17.9 Å². The molecule has 2 amide bonds. The lowest BCUT2D eigenvalue weighted by Crippen LogP contribution is -2.41. The van der Waals surface area contributed by atoms with Crippen molar-refractivity contribution in [3.05, 3.63) is 41.6 Å². The molecule has 1 saturated heterocycles. The Bertz CT molecular complexity index is 705. The molecule has 2 aliphatic heterocycles. The summed E-state index contributed by atoms with van der Waals surface area (Å²) in [5.41, 5.74) is 1.60. The molecule has 7 heteroatoms. The van der Waals surface area contributed by atoms with Gasteiger partial charge in [-0.25, -0.2) is 0 Å². The van der Waals surface area contributed by atoms with Gasteiger partial charge < -0.3 is 19.1 Å². The van der Waals surface area contributed by atoms with E-state index in [1.807, 2.05) is 35.2 Å². The van der Waals surface area contributed by atoms with Gasteiger partial charge in [-0.05, 0) is 18.4 Å². The summed E-state index contributed by atoms with van der Waals surface area (Å²) in [4.78, 5) is 29.8. The molecule has 1 aromatic carbocycles. The minimum absolute atomic E-state index is 0.0873. The zero-order valence-electron chi connectivity index (χ0n) is 16.6. The normalized spacial score (nSPS) is 19.8. The monoisotopic (exact) mass is 388 g/mol. The minimum Gasteiger partial charge on any atom is -0.383 e. The first-order valence-corrected chi connectivity index (χ1v) is 9.67. The third-order valence-corrected chi connectivity index (χ3v) is 5.06. The molecule has 152 valence electrons. The van der Waals surface area contributed by atoms with E-state index in [2.05, 4.69) is 0 Å². The van der Waals surface area contributed by atoms with Gasteiger partial charge in [0.2, 0.25) is 0 Å². The summed E-state index contributed by atoms with van der Waals surface area (Å²) in [6.45, 7) is 2.86. The van der Waals surface area contributed by atoms with Gasteiger partial charge in [0, 0.05) is 33.9 Å². The number of carbonyl (C=O) groups excluding carboxylic acids is 2. The molecule has 1 atom stereocenters. The predicted octanol–water partition coefficient (Wildman–Crippen LogP) is 1.54. The van der Waals surface area contributed by atoms with Gasteiger partial charge in [0.05, 0.1) is 31.4 Å². The number of hydrogen-bond donors (Lipinski definition) is 0. The molecule has 1 fully saturated rings. The molecule has 1 aromatic rings. The van der Waals surface area contributed by atoms with Crippen molar-refractivity contribution in [1.82, 2.24) is 9.80 Å². The molecule has 0 radical (unpaired) electrons. The Morgan fingerprint density at radius 3 is 2.32 bits per heavy atom. The van der Waals surface area contributed by atoms with Crippen LogP contribution in [0.4, 0.5) is 0 Å². The Labute approximate surface area is 165 Å². The molecule has 1 unspecified atom stereocenters. The van der Waals surface area contributed by atoms with Crippen LogP contribution < -0.4 is 0 Å². The van der Waals surface area contributed by atoms with Gasteiger partial charge in [-0.3, -0.25) is 14.5 Å². The second-order valence-corrected chi connectivity index (χ2v) is 6.92. The van der Waals surface area contributed by atoms with E-state index in [0.29, 0.717) is 50.7 Å². The molecule has 0 spiro atoms. The Balaban J connectivity index is 1.96. The van der Waals surface area contributed by atoms with E-state index in [4.69, 9.17) is 14.2 Å². The average molecular weight is 388 g/mol. The fraction of sp³-hybridized carbons (Fsp3) is 0.524. The van der Waals surface area contributed by atoms with Crippen LogP contribution in [0.1, 0.15) is 18.4 Å². The van der Waals surface area contributed by atoms with Crippen LogP contribution in [0.3, 0.4) is 0 Å². The highest BCUT2D eigenvalue weighted by Crippen LogP contribution is 2.32. The van der Waals surface area contributed by atoms with Gasteiger partial charge >= 0.3 is 0 Å². The lowest BCUT2D eigenvalue weighted by Gasteiger charge is -2.26. The topological polar surface area (TPSA) is 68.3 Å². The first kappa shape index (κ1) is 20.5. The number of ether oxygens (including phenoxy) is 3. The summed E-state index contributed by atoms with van der Waals surface area (Å²) in [6.07, 6.45) is 1.74. The molecule has 2 aliphatic rings. The van der Waals surface area contributed by atoms with Gasteiger partial charge in [-0.15, -0.1) is 0 Å². The first-order valence-electron chi connectivity index (χ1n) is 9.67. The lowest BCUT2D eigenvalue weighted by molar-refractivity contribution is -0.139. The van der Waals surface area contributed by atoms with Crippen molar-refractivity contribution in [2.24, 2.45) is 0 Å². The van der Waals surface area contributed by atoms with E-state index in [1.54, 1.807) is 14.2 Å². The maximum absolute atomic E-state index is 13.3. The second kappa shape index (κ2) is 9.82. The number of hydrogen-bond acceptors (Lipinski definition) is 6.